The van der Waals surface area contributed by atoms with Crippen LogP contribution >= 0.6 is 0 Å². The van der Waals surface area contributed by atoms with E-state index < -0.39 is 23.5 Å². The summed E-state index contributed by atoms with van der Waals surface area (Å²) in [7, 11) is 0. The van der Waals surface area contributed by atoms with E-state index in [1.54, 1.807) is 6.92 Å². The number of fused-ring (bicyclic) bond motifs is 1. The zero-order chi connectivity index (χ0) is 19.6. The number of carbonyl (C=O) groups excluding carboxylic acids is 1. The maximum Gasteiger partial charge on any atom is 0.416 e. The Labute approximate surface area is 151 Å². The summed E-state index contributed by atoms with van der Waals surface area (Å²) >= 11 is 0. The molecule has 140 valence electrons. The third-order valence-corrected chi connectivity index (χ3v) is 3.81. The van der Waals surface area contributed by atoms with E-state index in [9.17, 15) is 22.4 Å². The molecule has 3 rings (SSSR count). The lowest BCUT2D eigenvalue weighted by molar-refractivity contribution is -0.137. The highest BCUT2D eigenvalue weighted by Crippen LogP contribution is 2.35. The summed E-state index contributed by atoms with van der Waals surface area (Å²) in [6.45, 7) is 1.76. The number of ether oxygens (including phenoxy) is 1. The van der Waals surface area contributed by atoms with Crippen molar-refractivity contribution >= 4 is 28.2 Å². The topological polar surface area (TPSA) is 51.2 Å². The zero-order valence-electron chi connectivity index (χ0n) is 14.1. The number of halogens is 4. The van der Waals surface area contributed by atoms with Gasteiger partial charge in [-0.1, -0.05) is 6.07 Å². The molecule has 8 heteroatoms. The van der Waals surface area contributed by atoms with Gasteiger partial charge in [-0.2, -0.15) is 13.2 Å². The van der Waals surface area contributed by atoms with Gasteiger partial charge in [0.05, 0.1) is 23.4 Å². The molecule has 0 unspecified atom stereocenters. The van der Waals surface area contributed by atoms with Crippen molar-refractivity contribution in [2.45, 2.75) is 13.1 Å². The van der Waals surface area contributed by atoms with Crippen LogP contribution < -0.4 is 5.32 Å². The van der Waals surface area contributed by atoms with Crippen molar-refractivity contribution in [1.29, 1.82) is 0 Å². The van der Waals surface area contributed by atoms with E-state index in [1.165, 1.54) is 30.3 Å². The molecular weight excluding hydrogens is 364 g/mol. The summed E-state index contributed by atoms with van der Waals surface area (Å²) in [6.07, 6.45) is -3.35. The zero-order valence-corrected chi connectivity index (χ0v) is 14.1. The molecule has 0 bridgehead atoms. The molecule has 0 fully saturated rings. The highest BCUT2D eigenvalue weighted by Gasteiger charge is 2.31. The lowest BCUT2D eigenvalue weighted by Crippen LogP contribution is -2.10. The second kappa shape index (κ2) is 7.22. The Balaban J connectivity index is 2.16. The van der Waals surface area contributed by atoms with E-state index in [-0.39, 0.29) is 23.4 Å². The number of hydrogen-bond donors (Lipinski definition) is 1. The first-order chi connectivity index (χ1) is 12.8. The molecule has 0 aliphatic heterocycles. The number of rotatable bonds is 4. The fraction of sp³-hybridized carbons (Fsp3) is 0.158. The maximum absolute atomic E-state index is 13.1. The summed E-state index contributed by atoms with van der Waals surface area (Å²) < 4.78 is 57.0. The van der Waals surface area contributed by atoms with Crippen LogP contribution in [-0.2, 0) is 10.9 Å². The first-order valence-electron chi connectivity index (χ1n) is 7.99. The van der Waals surface area contributed by atoms with E-state index >= 15 is 0 Å². The number of hydrogen-bond acceptors (Lipinski definition) is 4. The highest BCUT2D eigenvalue weighted by atomic mass is 19.4. The Kier molecular flexibility index (Phi) is 4.98. The Morgan fingerprint density at radius 2 is 1.85 bits per heavy atom. The van der Waals surface area contributed by atoms with Gasteiger partial charge in [0.25, 0.3) is 0 Å². The molecule has 1 aromatic heterocycles. The summed E-state index contributed by atoms with van der Waals surface area (Å²) in [5.41, 5.74) is -0.0387. The molecule has 1 N–H and O–H groups in total. The van der Waals surface area contributed by atoms with Crippen LogP contribution in [0.3, 0.4) is 0 Å². The fourth-order valence-electron chi connectivity index (χ4n) is 2.55. The number of carbonyl (C=O) groups is 1. The van der Waals surface area contributed by atoms with Crippen LogP contribution in [0.1, 0.15) is 22.8 Å². The number of esters is 1. The molecule has 3 aromatic rings. The minimum absolute atomic E-state index is 0.0579. The molecule has 0 amide bonds. The number of anilines is 2. The minimum atomic E-state index is -4.51. The second-order valence-corrected chi connectivity index (χ2v) is 5.63. The molecule has 0 saturated heterocycles. The van der Waals surface area contributed by atoms with Crippen LogP contribution in [0.15, 0.2) is 48.7 Å². The minimum Gasteiger partial charge on any atom is -0.462 e. The van der Waals surface area contributed by atoms with Crippen LogP contribution in [0.4, 0.5) is 28.9 Å². The normalized spacial score (nSPS) is 11.4. The largest absolute Gasteiger partial charge is 0.462 e. The van der Waals surface area contributed by atoms with Crippen LogP contribution in [0.25, 0.3) is 10.9 Å². The fourth-order valence-corrected chi connectivity index (χ4v) is 2.55. The van der Waals surface area contributed by atoms with Crippen LogP contribution in [0.2, 0.25) is 0 Å². The highest BCUT2D eigenvalue weighted by molar-refractivity contribution is 6.06. The number of benzene rings is 2. The van der Waals surface area contributed by atoms with Gasteiger partial charge >= 0.3 is 12.1 Å². The molecule has 0 saturated carbocycles. The lowest BCUT2D eigenvalue weighted by Gasteiger charge is -2.15. The summed E-state index contributed by atoms with van der Waals surface area (Å²) in [5, 5.41) is 3.26. The van der Waals surface area contributed by atoms with Gasteiger partial charge in [-0.15, -0.1) is 0 Å². The van der Waals surface area contributed by atoms with Gasteiger partial charge in [0, 0.05) is 17.3 Å². The molecular formula is C19H14F4N2O2. The van der Waals surface area contributed by atoms with Gasteiger partial charge in [0.2, 0.25) is 0 Å². The first-order valence-corrected chi connectivity index (χ1v) is 7.99. The van der Waals surface area contributed by atoms with Crippen LogP contribution in [-0.4, -0.2) is 17.6 Å². The predicted octanol–water partition coefficient (Wildman–Crippen LogP) is 5.31. The smallest absolute Gasteiger partial charge is 0.416 e. The molecule has 0 aliphatic rings. The predicted molar refractivity (Wildman–Crippen MR) is 92.4 cm³/mol. The molecule has 1 heterocycles. The third kappa shape index (κ3) is 3.99. The summed E-state index contributed by atoms with van der Waals surface area (Å²) in [5.74, 6) is -1.11. The molecule has 27 heavy (non-hydrogen) atoms. The van der Waals surface area contributed by atoms with Crippen molar-refractivity contribution in [3.05, 3.63) is 65.6 Å². The number of aromatic nitrogens is 1. The summed E-state index contributed by atoms with van der Waals surface area (Å²) in [6, 6.07) is 8.38. The van der Waals surface area contributed by atoms with Crippen molar-refractivity contribution in [2.24, 2.45) is 0 Å². The van der Waals surface area contributed by atoms with E-state index in [0.29, 0.717) is 11.1 Å². The van der Waals surface area contributed by atoms with Crippen LogP contribution in [0, 0.1) is 5.82 Å². The van der Waals surface area contributed by atoms with Crippen LogP contribution in [0.5, 0.6) is 0 Å². The van der Waals surface area contributed by atoms with E-state index in [2.05, 4.69) is 10.3 Å². The number of nitrogens with one attached hydrogen (secondary N) is 1. The Morgan fingerprint density at radius 1 is 1.15 bits per heavy atom. The van der Waals surface area contributed by atoms with E-state index in [4.69, 9.17) is 4.74 Å². The Hall–Kier alpha value is -3.16. The average molecular weight is 378 g/mol. The summed E-state index contributed by atoms with van der Waals surface area (Å²) in [4.78, 5) is 16.2. The lowest BCUT2D eigenvalue weighted by atomic mass is 10.1. The van der Waals surface area contributed by atoms with Gasteiger partial charge in [-0.25, -0.2) is 9.18 Å². The molecule has 0 spiro atoms. The molecule has 0 atom stereocenters. The quantitative estimate of drug-likeness (QED) is 0.494. The first kappa shape index (κ1) is 18.6. The average Bonchev–Trinajstić information content (AvgIpc) is 2.62. The van der Waals surface area contributed by atoms with Gasteiger partial charge < -0.3 is 10.1 Å². The molecule has 0 radical (unpaired) electrons. The second-order valence-electron chi connectivity index (χ2n) is 5.63. The molecule has 2 aromatic carbocycles. The van der Waals surface area contributed by atoms with Crippen molar-refractivity contribution in [2.75, 3.05) is 11.9 Å². The van der Waals surface area contributed by atoms with Crippen molar-refractivity contribution < 1.29 is 27.1 Å². The number of nitrogens with zero attached hydrogens (tertiary/aromatic N) is 1. The standard InChI is InChI=1S/C19H14F4N2O2/c1-2-27-18(26)15-10-24-16-9-11(19(21,22)23)3-8-14(16)17(15)25-13-6-4-12(20)5-7-13/h3-10H,2H2,1H3,(H,24,25). The van der Waals surface area contributed by atoms with Gasteiger partial charge in [0.15, 0.2) is 0 Å². The maximum atomic E-state index is 13.1. The van der Waals surface area contributed by atoms with E-state index in [1.807, 2.05) is 0 Å². The van der Waals surface area contributed by atoms with Crippen molar-refractivity contribution in [1.82, 2.24) is 4.98 Å². The number of alkyl halides is 3. The SMILES string of the molecule is CCOC(=O)c1cnc2cc(C(F)(F)F)ccc2c1Nc1ccc(F)cc1. The van der Waals surface area contributed by atoms with E-state index in [0.717, 1.165) is 18.3 Å². The molecule has 4 nitrogen and oxygen atoms in total. The number of pyridine rings is 1. The van der Waals surface area contributed by atoms with Crippen molar-refractivity contribution in [3.8, 4) is 0 Å². The van der Waals surface area contributed by atoms with Gasteiger partial charge in [-0.05, 0) is 43.3 Å². The third-order valence-electron chi connectivity index (χ3n) is 3.81. The Morgan fingerprint density at radius 3 is 2.48 bits per heavy atom. The van der Waals surface area contributed by atoms with Crippen molar-refractivity contribution in [3.63, 3.8) is 0 Å². The Bertz CT molecular complexity index is 985. The van der Waals surface area contributed by atoms with Gasteiger partial charge in [0.1, 0.15) is 11.4 Å². The monoisotopic (exact) mass is 378 g/mol. The van der Waals surface area contributed by atoms with Gasteiger partial charge in [-0.3, -0.25) is 4.98 Å². The molecule has 0 aliphatic carbocycles.